The summed E-state index contributed by atoms with van der Waals surface area (Å²) in [5.41, 5.74) is 5.02. The molecule has 2 aromatic rings. The Morgan fingerprint density at radius 3 is 1.76 bits per heavy atom. The number of nitrogens with one attached hydrogen (secondary N) is 2. The number of imidazole rings is 1. The van der Waals surface area contributed by atoms with Crippen molar-refractivity contribution in [3.63, 3.8) is 0 Å². The van der Waals surface area contributed by atoms with Gasteiger partial charge in [0.2, 0.25) is 5.95 Å². The van der Waals surface area contributed by atoms with Crippen LogP contribution in [0, 0.1) is 0 Å². The Morgan fingerprint density at radius 2 is 1.29 bits per heavy atom. The third kappa shape index (κ3) is 6.74. The molecule has 0 bridgehead atoms. The van der Waals surface area contributed by atoms with E-state index in [1.165, 1.54) is 4.57 Å². The minimum atomic E-state index is -2.43. The molecule has 0 aliphatic carbocycles. The van der Waals surface area contributed by atoms with Crippen molar-refractivity contribution in [2.24, 2.45) is 0 Å². The lowest BCUT2D eigenvalue weighted by molar-refractivity contribution is -0.0484. The van der Waals surface area contributed by atoms with E-state index in [1.807, 2.05) is 0 Å². The molecule has 11 nitrogen and oxygen atoms in total. The number of ether oxygens (including phenoxy) is 1. The van der Waals surface area contributed by atoms with Crippen LogP contribution in [0.15, 0.2) is 9.59 Å². The molecule has 3 heterocycles. The summed E-state index contributed by atoms with van der Waals surface area (Å²) in [6.07, 6.45) is -2.63. The van der Waals surface area contributed by atoms with Gasteiger partial charge in [-0.05, 0) is 54.4 Å². The molecule has 14 heteroatoms. The van der Waals surface area contributed by atoms with Gasteiger partial charge in [0.25, 0.3) is 5.56 Å². The molecular formula is C28H55N5O6Si3. The van der Waals surface area contributed by atoms with E-state index in [0.717, 1.165) is 0 Å². The lowest BCUT2D eigenvalue weighted by Crippen LogP contribution is -2.54. The molecule has 240 valence electrons. The fourth-order valence-corrected chi connectivity index (χ4v) is 7.74. The zero-order valence-corrected chi connectivity index (χ0v) is 31.4. The number of nitrogens with two attached hydrogens (primary N) is 1. The Morgan fingerprint density at radius 1 is 0.810 bits per heavy atom. The Hall–Kier alpha value is -1.56. The molecule has 0 saturated carbocycles. The molecule has 0 aromatic carbocycles. The van der Waals surface area contributed by atoms with Crippen molar-refractivity contribution in [1.82, 2.24) is 19.5 Å². The number of aromatic amines is 2. The SMILES string of the molecule is CC(C)(C)[Si](C)(C)OC[C@H]1O[C@@H](n2c(=O)[nH]c3c(=O)[nH]c(N)nc32)[C@H](O[Si](C)(C)C(C)(C)C)[C@@H]1O[Si](C)(C)C(C)(C)C. The summed E-state index contributed by atoms with van der Waals surface area (Å²) in [6.45, 7) is 33.1. The maximum atomic E-state index is 13.5. The smallest absolute Gasteiger partial charge is 0.330 e. The van der Waals surface area contributed by atoms with E-state index >= 15 is 0 Å². The molecule has 42 heavy (non-hydrogen) atoms. The molecule has 1 fully saturated rings. The van der Waals surface area contributed by atoms with Gasteiger partial charge < -0.3 is 23.7 Å². The van der Waals surface area contributed by atoms with Gasteiger partial charge in [0.05, 0.1) is 6.61 Å². The Balaban J connectivity index is 2.24. The van der Waals surface area contributed by atoms with Crippen molar-refractivity contribution < 1.29 is 18.0 Å². The number of anilines is 1. The van der Waals surface area contributed by atoms with E-state index in [4.69, 9.17) is 23.7 Å². The summed E-state index contributed by atoms with van der Waals surface area (Å²) in [5.74, 6) is -0.0907. The molecule has 1 saturated heterocycles. The second-order valence-electron chi connectivity index (χ2n) is 16.3. The van der Waals surface area contributed by atoms with Crippen LogP contribution in [0.4, 0.5) is 5.95 Å². The van der Waals surface area contributed by atoms with Gasteiger partial charge in [-0.3, -0.25) is 14.8 Å². The average molecular weight is 642 g/mol. The standard InChI is InChI=1S/C28H55N5O6Si3/c1-26(2,3)40(10,11)36-16-17-19(38-41(12,13)27(4,5)6)20(39-42(14,15)28(7,8)9)23(37-17)33-21-18(30-25(33)35)22(34)32-24(29)31-21/h17,19-20,23H,16H2,1-15H3,(H,30,35)(H3,29,31,32,34)/t17-,19-,20-,23-/m1/s1. The number of rotatable bonds is 8. The lowest BCUT2D eigenvalue weighted by Gasteiger charge is -2.44. The minimum absolute atomic E-state index is 0.00587. The van der Waals surface area contributed by atoms with E-state index < -0.39 is 60.7 Å². The third-order valence-corrected chi connectivity index (χ3v) is 23.5. The predicted molar refractivity (Wildman–Crippen MR) is 177 cm³/mol. The summed E-state index contributed by atoms with van der Waals surface area (Å²) in [5, 5.41) is -0.216. The highest BCUT2D eigenvalue weighted by molar-refractivity contribution is 6.75. The lowest BCUT2D eigenvalue weighted by atomic mass is 10.1. The molecular weight excluding hydrogens is 587 g/mol. The van der Waals surface area contributed by atoms with E-state index in [0.29, 0.717) is 0 Å². The second-order valence-corrected chi connectivity index (χ2v) is 30.6. The monoisotopic (exact) mass is 641 g/mol. The minimum Gasteiger partial charge on any atom is -0.414 e. The Bertz CT molecular complexity index is 1390. The van der Waals surface area contributed by atoms with Crippen molar-refractivity contribution in [3.05, 3.63) is 20.8 Å². The summed E-state index contributed by atoms with van der Waals surface area (Å²) < 4.78 is 29.1. The molecule has 1 aliphatic rings. The van der Waals surface area contributed by atoms with Gasteiger partial charge in [0.1, 0.15) is 18.3 Å². The maximum Gasteiger partial charge on any atom is 0.330 e. The summed E-state index contributed by atoms with van der Waals surface area (Å²) in [4.78, 5) is 35.6. The van der Waals surface area contributed by atoms with E-state index in [-0.39, 0.29) is 38.8 Å². The quantitative estimate of drug-likeness (QED) is 0.311. The maximum absolute atomic E-state index is 13.5. The van der Waals surface area contributed by atoms with E-state index in [2.05, 4.69) is 117 Å². The van der Waals surface area contributed by atoms with Crippen LogP contribution in [0.25, 0.3) is 11.2 Å². The van der Waals surface area contributed by atoms with Gasteiger partial charge in [-0.25, -0.2) is 9.36 Å². The van der Waals surface area contributed by atoms with Crippen LogP contribution in [0.1, 0.15) is 68.5 Å². The zero-order chi connectivity index (χ0) is 32.4. The predicted octanol–water partition coefficient (Wildman–Crippen LogP) is 5.70. The molecule has 0 radical (unpaired) electrons. The number of nitrogen functional groups attached to an aromatic ring is 1. The largest absolute Gasteiger partial charge is 0.414 e. The van der Waals surface area contributed by atoms with Crippen LogP contribution >= 0.6 is 0 Å². The van der Waals surface area contributed by atoms with Gasteiger partial charge in [-0.15, -0.1) is 0 Å². The fraction of sp³-hybridized carbons (Fsp3) is 0.821. The van der Waals surface area contributed by atoms with E-state index in [1.54, 1.807) is 0 Å². The normalized spacial score (nSPS) is 23.2. The molecule has 2 aromatic heterocycles. The molecule has 3 rings (SSSR count). The molecule has 0 amide bonds. The summed E-state index contributed by atoms with van der Waals surface area (Å²) in [6, 6.07) is 0. The van der Waals surface area contributed by atoms with Gasteiger partial charge in [-0.1, -0.05) is 62.3 Å². The first-order chi connectivity index (χ1) is 18.7. The van der Waals surface area contributed by atoms with Crippen molar-refractivity contribution in [2.45, 2.75) is 141 Å². The van der Waals surface area contributed by atoms with Gasteiger partial charge >= 0.3 is 5.69 Å². The number of nitrogens with zero attached hydrogens (tertiary/aromatic N) is 2. The summed E-state index contributed by atoms with van der Waals surface area (Å²) in [7, 11) is -6.95. The van der Waals surface area contributed by atoms with E-state index in [9.17, 15) is 9.59 Å². The van der Waals surface area contributed by atoms with Crippen molar-refractivity contribution in [2.75, 3.05) is 12.3 Å². The van der Waals surface area contributed by atoms with Crippen molar-refractivity contribution in [3.8, 4) is 0 Å². The van der Waals surface area contributed by atoms with Crippen LogP contribution in [0.3, 0.4) is 0 Å². The number of aromatic nitrogens is 4. The first kappa shape index (κ1) is 34.9. The van der Waals surface area contributed by atoms with Crippen LogP contribution < -0.4 is 17.0 Å². The van der Waals surface area contributed by atoms with Crippen molar-refractivity contribution in [1.29, 1.82) is 0 Å². The zero-order valence-electron chi connectivity index (χ0n) is 28.4. The topological polar surface area (TPSA) is 146 Å². The number of fused-ring (bicyclic) bond motifs is 1. The molecule has 1 aliphatic heterocycles. The molecule has 0 spiro atoms. The van der Waals surface area contributed by atoms with Crippen LogP contribution in [0.5, 0.6) is 0 Å². The van der Waals surface area contributed by atoms with Gasteiger partial charge in [0, 0.05) is 0 Å². The third-order valence-electron chi connectivity index (χ3n) is 10.0. The van der Waals surface area contributed by atoms with Gasteiger partial charge in [0.15, 0.2) is 42.3 Å². The fourth-order valence-electron chi connectivity index (χ4n) is 4.12. The number of hydrogen-bond donors (Lipinski definition) is 3. The van der Waals surface area contributed by atoms with Crippen LogP contribution in [0.2, 0.25) is 54.4 Å². The highest BCUT2D eigenvalue weighted by Crippen LogP contribution is 2.46. The Labute approximate surface area is 253 Å². The summed E-state index contributed by atoms with van der Waals surface area (Å²) >= 11 is 0. The number of H-pyrrole nitrogens is 2. The van der Waals surface area contributed by atoms with Crippen LogP contribution in [-0.4, -0.2) is 69.4 Å². The highest BCUT2D eigenvalue weighted by Gasteiger charge is 2.55. The van der Waals surface area contributed by atoms with Crippen molar-refractivity contribution >= 4 is 42.1 Å². The molecule has 0 unspecified atom stereocenters. The number of hydrogen-bond acceptors (Lipinski definition) is 8. The molecule has 4 atom stereocenters. The van der Waals surface area contributed by atoms with Gasteiger partial charge in [-0.2, -0.15) is 4.98 Å². The average Bonchev–Trinajstić information content (AvgIpc) is 3.26. The van der Waals surface area contributed by atoms with Crippen LogP contribution in [-0.2, 0) is 18.0 Å². The Kier molecular flexibility index (Phi) is 9.24. The molecule has 4 N–H and O–H groups in total. The highest BCUT2D eigenvalue weighted by atomic mass is 28.4. The first-order valence-corrected chi connectivity index (χ1v) is 23.6. The first-order valence-electron chi connectivity index (χ1n) is 14.9. The second kappa shape index (κ2) is 11.1.